The molecule has 0 bridgehead atoms. The highest BCUT2D eigenvalue weighted by molar-refractivity contribution is 5.86. The third-order valence-electron chi connectivity index (χ3n) is 3.26. The molecule has 27 heavy (non-hydrogen) atoms. The van der Waals surface area contributed by atoms with Crippen LogP contribution in [0.3, 0.4) is 0 Å². The van der Waals surface area contributed by atoms with Gasteiger partial charge in [-0.05, 0) is 24.3 Å². The van der Waals surface area contributed by atoms with Crippen LogP contribution in [0.2, 0.25) is 0 Å². The molecule has 3 N–H and O–H groups in total. The first-order chi connectivity index (χ1) is 12.7. The third kappa shape index (κ3) is 5.70. The van der Waals surface area contributed by atoms with E-state index >= 15 is 0 Å². The van der Waals surface area contributed by atoms with Crippen molar-refractivity contribution in [3.05, 3.63) is 63.7 Å². The van der Waals surface area contributed by atoms with Crippen molar-refractivity contribution in [3.63, 3.8) is 0 Å². The Hall–Kier alpha value is -3.63. The quantitative estimate of drug-likeness (QED) is 0.403. The second-order valence-corrected chi connectivity index (χ2v) is 5.23. The Morgan fingerprint density at radius 2 is 2.00 bits per heavy atom. The van der Waals surface area contributed by atoms with Crippen LogP contribution in [0.25, 0.3) is 0 Å². The molecule has 2 aromatic rings. The minimum atomic E-state index is -4.50. The number of amides is 1. The molecular formula is C16H13F3N4O4. The van der Waals surface area contributed by atoms with Gasteiger partial charge in [0.05, 0.1) is 23.2 Å². The van der Waals surface area contributed by atoms with Gasteiger partial charge < -0.3 is 10.4 Å². The number of nitrogens with zero attached hydrogens (tertiary/aromatic N) is 2. The van der Waals surface area contributed by atoms with Crippen molar-refractivity contribution < 1.29 is 28.0 Å². The first-order valence-electron chi connectivity index (χ1n) is 7.37. The number of carbonyl (C=O) groups excluding carboxylic acids is 1. The van der Waals surface area contributed by atoms with Gasteiger partial charge in [0.25, 0.3) is 11.6 Å². The zero-order valence-electron chi connectivity index (χ0n) is 13.5. The molecule has 2 aromatic carbocycles. The summed E-state index contributed by atoms with van der Waals surface area (Å²) in [6.07, 6.45) is -3.49. The predicted molar refractivity (Wildman–Crippen MR) is 90.4 cm³/mol. The molecule has 0 aromatic heterocycles. The second-order valence-electron chi connectivity index (χ2n) is 5.23. The van der Waals surface area contributed by atoms with Crippen LogP contribution in [-0.2, 0) is 11.0 Å². The molecule has 142 valence electrons. The van der Waals surface area contributed by atoms with Gasteiger partial charge in [-0.3, -0.25) is 14.9 Å². The second kappa shape index (κ2) is 8.17. The maximum atomic E-state index is 12.6. The van der Waals surface area contributed by atoms with E-state index in [2.05, 4.69) is 15.8 Å². The van der Waals surface area contributed by atoms with Crippen LogP contribution in [0.4, 0.5) is 24.5 Å². The number of phenolic OH excluding ortho intramolecular Hbond substituents is 1. The van der Waals surface area contributed by atoms with Crippen LogP contribution in [0.5, 0.6) is 5.75 Å². The topological polar surface area (TPSA) is 117 Å². The summed E-state index contributed by atoms with van der Waals surface area (Å²) in [6, 6.07) is 7.60. The summed E-state index contributed by atoms with van der Waals surface area (Å²) in [4.78, 5) is 21.7. The summed E-state index contributed by atoms with van der Waals surface area (Å²) in [6.45, 7) is -0.362. The van der Waals surface area contributed by atoms with Gasteiger partial charge in [0.1, 0.15) is 5.75 Å². The van der Waals surface area contributed by atoms with Crippen molar-refractivity contribution >= 4 is 23.5 Å². The summed E-state index contributed by atoms with van der Waals surface area (Å²) in [5, 5.41) is 26.3. The van der Waals surface area contributed by atoms with Gasteiger partial charge in [-0.2, -0.15) is 18.3 Å². The number of nitro benzene ring substituents is 1. The highest BCUT2D eigenvalue weighted by Crippen LogP contribution is 2.30. The van der Waals surface area contributed by atoms with Crippen molar-refractivity contribution in [1.29, 1.82) is 0 Å². The van der Waals surface area contributed by atoms with Crippen LogP contribution >= 0.6 is 0 Å². The van der Waals surface area contributed by atoms with Gasteiger partial charge >= 0.3 is 6.18 Å². The van der Waals surface area contributed by atoms with Crippen molar-refractivity contribution in [2.45, 2.75) is 6.18 Å². The lowest BCUT2D eigenvalue weighted by atomic mass is 10.2. The lowest BCUT2D eigenvalue weighted by Crippen LogP contribution is -2.26. The number of nitrogens with one attached hydrogen (secondary N) is 2. The summed E-state index contributed by atoms with van der Waals surface area (Å²) in [5.41, 5.74) is 1.07. The summed E-state index contributed by atoms with van der Waals surface area (Å²) < 4.78 is 37.8. The minimum Gasteiger partial charge on any atom is -0.507 e. The SMILES string of the molecule is O=C(CNc1cccc(C(F)(F)F)c1)N/N=C\c1cc([N+](=O)[O-])ccc1O. The number of phenols is 1. The lowest BCUT2D eigenvalue weighted by molar-refractivity contribution is -0.384. The molecule has 1 amide bonds. The maximum absolute atomic E-state index is 12.6. The predicted octanol–water partition coefficient (Wildman–Crippen LogP) is 2.88. The van der Waals surface area contributed by atoms with E-state index in [4.69, 9.17) is 0 Å². The van der Waals surface area contributed by atoms with Crippen molar-refractivity contribution in [3.8, 4) is 5.75 Å². The Bertz CT molecular complexity index is 884. The van der Waals surface area contributed by atoms with E-state index in [1.807, 2.05) is 0 Å². The zero-order chi connectivity index (χ0) is 20.0. The van der Waals surface area contributed by atoms with Crippen molar-refractivity contribution in [2.75, 3.05) is 11.9 Å². The molecule has 0 radical (unpaired) electrons. The number of halogens is 3. The fourth-order valence-corrected chi connectivity index (χ4v) is 1.96. The van der Waals surface area contributed by atoms with Crippen molar-refractivity contribution in [2.24, 2.45) is 5.10 Å². The molecule has 0 atom stereocenters. The summed E-state index contributed by atoms with van der Waals surface area (Å²) in [7, 11) is 0. The average molecular weight is 382 g/mol. The van der Waals surface area contributed by atoms with Crippen LogP contribution in [0.1, 0.15) is 11.1 Å². The summed E-state index contributed by atoms with van der Waals surface area (Å²) in [5.74, 6) is -0.950. The highest BCUT2D eigenvalue weighted by Gasteiger charge is 2.30. The number of aromatic hydroxyl groups is 1. The maximum Gasteiger partial charge on any atom is 0.416 e. The molecule has 0 heterocycles. The highest BCUT2D eigenvalue weighted by atomic mass is 19.4. The third-order valence-corrected chi connectivity index (χ3v) is 3.26. The molecule has 0 aliphatic heterocycles. The van der Waals surface area contributed by atoms with Gasteiger partial charge in [0, 0.05) is 23.4 Å². The number of benzene rings is 2. The number of anilines is 1. The number of hydrogen-bond donors (Lipinski definition) is 3. The van der Waals surface area contributed by atoms with Gasteiger partial charge in [-0.25, -0.2) is 5.43 Å². The van der Waals surface area contributed by atoms with E-state index in [1.165, 1.54) is 12.1 Å². The number of carbonyl (C=O) groups is 1. The Balaban J connectivity index is 1.93. The van der Waals surface area contributed by atoms with Crippen LogP contribution in [0, 0.1) is 10.1 Å². The molecule has 0 saturated heterocycles. The minimum absolute atomic E-state index is 0.00957. The molecule has 0 unspecified atom stereocenters. The number of hydrazone groups is 1. The molecule has 2 rings (SSSR count). The Labute approximate surface area is 150 Å². The number of rotatable bonds is 6. The number of alkyl halides is 3. The van der Waals surface area contributed by atoms with Gasteiger partial charge in [-0.1, -0.05) is 6.07 Å². The van der Waals surface area contributed by atoms with Crippen LogP contribution in [-0.4, -0.2) is 28.7 Å². The molecule has 0 aliphatic rings. The molecular weight excluding hydrogens is 369 g/mol. The number of nitro groups is 1. The van der Waals surface area contributed by atoms with E-state index in [1.54, 1.807) is 0 Å². The first-order valence-corrected chi connectivity index (χ1v) is 7.37. The molecule has 0 spiro atoms. The largest absolute Gasteiger partial charge is 0.507 e. The van der Waals surface area contributed by atoms with Gasteiger partial charge in [0.2, 0.25) is 0 Å². The fraction of sp³-hybridized carbons (Fsp3) is 0.125. The molecule has 11 heteroatoms. The number of non-ortho nitro benzene ring substituents is 1. The standard InChI is InChI=1S/C16H13F3N4O4/c17-16(18,19)11-2-1-3-12(7-11)20-9-15(25)22-21-8-10-6-13(23(26)27)4-5-14(10)24/h1-8,20,24H,9H2,(H,22,25)/b21-8-. The normalized spacial score (nSPS) is 11.4. The molecule has 0 fully saturated rings. The van der Waals surface area contributed by atoms with Gasteiger partial charge in [-0.15, -0.1) is 0 Å². The monoisotopic (exact) mass is 382 g/mol. The Morgan fingerprint density at radius 3 is 2.67 bits per heavy atom. The first kappa shape index (κ1) is 19.7. The van der Waals surface area contributed by atoms with E-state index in [0.717, 1.165) is 36.5 Å². The van der Waals surface area contributed by atoms with Crippen LogP contribution in [0.15, 0.2) is 47.6 Å². The molecule has 8 nitrogen and oxygen atoms in total. The van der Waals surface area contributed by atoms with E-state index < -0.39 is 22.6 Å². The smallest absolute Gasteiger partial charge is 0.416 e. The fourth-order valence-electron chi connectivity index (χ4n) is 1.96. The molecule has 0 saturated carbocycles. The summed E-state index contributed by atoms with van der Waals surface area (Å²) >= 11 is 0. The average Bonchev–Trinajstić information content (AvgIpc) is 2.61. The van der Waals surface area contributed by atoms with Crippen LogP contribution < -0.4 is 10.7 Å². The van der Waals surface area contributed by atoms with Gasteiger partial charge in [0.15, 0.2) is 0 Å². The van der Waals surface area contributed by atoms with Crippen molar-refractivity contribution in [1.82, 2.24) is 5.43 Å². The zero-order valence-corrected chi connectivity index (χ0v) is 13.5. The van der Waals surface area contributed by atoms with E-state index in [-0.39, 0.29) is 29.2 Å². The lowest BCUT2D eigenvalue weighted by Gasteiger charge is -2.10. The van der Waals surface area contributed by atoms with E-state index in [9.17, 15) is 33.2 Å². The van der Waals surface area contributed by atoms with E-state index in [0.29, 0.717) is 0 Å². The molecule has 0 aliphatic carbocycles. The Morgan fingerprint density at radius 1 is 1.26 bits per heavy atom. The Kier molecular flexibility index (Phi) is 5.96. The number of hydrogen-bond acceptors (Lipinski definition) is 6.